The number of methoxy groups -OCH3 is 2. The van der Waals surface area contributed by atoms with Crippen molar-refractivity contribution in [1.82, 2.24) is 4.98 Å². The zero-order valence-corrected chi connectivity index (χ0v) is 12.1. The molecule has 0 N–H and O–H groups in total. The molecule has 2 rings (SSSR count). The van der Waals surface area contributed by atoms with E-state index in [1.165, 1.54) is 18.4 Å². The number of esters is 1. The number of carbonyl (C=O) groups excluding carboxylic acids is 1. The molecule has 0 aliphatic heterocycles. The van der Waals surface area contributed by atoms with Gasteiger partial charge in [-0.25, -0.2) is 4.98 Å². The Kier molecular flexibility index (Phi) is 4.95. The van der Waals surface area contributed by atoms with E-state index < -0.39 is 0 Å². The minimum atomic E-state index is -0.299. The summed E-state index contributed by atoms with van der Waals surface area (Å²) >= 11 is 1.45. The first kappa shape index (κ1) is 14.3. The molecule has 0 amide bonds. The van der Waals surface area contributed by atoms with Crippen LogP contribution in [0.2, 0.25) is 0 Å². The maximum Gasteiger partial charge on any atom is 0.311 e. The minimum Gasteiger partial charge on any atom is -0.493 e. The highest BCUT2D eigenvalue weighted by atomic mass is 32.1. The Morgan fingerprint density at radius 3 is 2.70 bits per heavy atom. The van der Waals surface area contributed by atoms with Crippen molar-refractivity contribution in [3.05, 3.63) is 40.3 Å². The second-order valence-electron chi connectivity index (χ2n) is 3.93. The Labute approximate surface area is 121 Å². The number of rotatable bonds is 6. The van der Waals surface area contributed by atoms with E-state index in [0.29, 0.717) is 23.8 Å². The number of thiazole rings is 1. The van der Waals surface area contributed by atoms with E-state index in [0.717, 1.165) is 5.01 Å². The molecule has 2 aromatic rings. The van der Waals surface area contributed by atoms with Crippen LogP contribution in [0, 0.1) is 0 Å². The molecule has 0 saturated heterocycles. The highest BCUT2D eigenvalue weighted by Gasteiger charge is 2.09. The normalized spacial score (nSPS) is 10.1. The molecular formula is C14H15NO4S. The summed E-state index contributed by atoms with van der Waals surface area (Å²) < 4.78 is 15.5. The molecule has 5 nitrogen and oxygen atoms in total. The predicted molar refractivity (Wildman–Crippen MR) is 75.2 cm³/mol. The molecule has 0 bridgehead atoms. The SMILES string of the molecule is COC(=O)Cc1csc(COc2ccccc2OC)n1. The van der Waals surface area contributed by atoms with Gasteiger partial charge in [0, 0.05) is 5.38 Å². The van der Waals surface area contributed by atoms with Gasteiger partial charge in [0.25, 0.3) is 0 Å². The maximum absolute atomic E-state index is 11.1. The molecule has 0 atom stereocenters. The van der Waals surface area contributed by atoms with Gasteiger partial charge in [-0.05, 0) is 12.1 Å². The molecule has 0 aliphatic carbocycles. The molecule has 0 radical (unpaired) electrons. The van der Waals surface area contributed by atoms with Crippen LogP contribution in [0.4, 0.5) is 0 Å². The van der Waals surface area contributed by atoms with Crippen molar-refractivity contribution in [2.75, 3.05) is 14.2 Å². The van der Waals surface area contributed by atoms with E-state index in [4.69, 9.17) is 9.47 Å². The molecule has 106 valence electrons. The quantitative estimate of drug-likeness (QED) is 0.766. The molecule has 0 fully saturated rings. The number of benzene rings is 1. The van der Waals surface area contributed by atoms with Crippen LogP contribution in [0.1, 0.15) is 10.7 Å². The second-order valence-corrected chi connectivity index (χ2v) is 4.87. The first-order valence-corrected chi connectivity index (χ1v) is 6.87. The number of carbonyl (C=O) groups is 1. The van der Waals surface area contributed by atoms with Crippen LogP contribution in [0.25, 0.3) is 0 Å². The van der Waals surface area contributed by atoms with Crippen molar-refractivity contribution in [3.8, 4) is 11.5 Å². The molecule has 20 heavy (non-hydrogen) atoms. The van der Waals surface area contributed by atoms with Crippen LogP contribution >= 0.6 is 11.3 Å². The third kappa shape index (κ3) is 3.71. The molecule has 1 heterocycles. The fourth-order valence-electron chi connectivity index (χ4n) is 1.59. The predicted octanol–water partition coefficient (Wildman–Crippen LogP) is 2.45. The number of hydrogen-bond acceptors (Lipinski definition) is 6. The Morgan fingerprint density at radius 2 is 2.00 bits per heavy atom. The smallest absolute Gasteiger partial charge is 0.311 e. The minimum absolute atomic E-state index is 0.182. The van der Waals surface area contributed by atoms with E-state index in [9.17, 15) is 4.79 Å². The van der Waals surface area contributed by atoms with Gasteiger partial charge in [-0.3, -0.25) is 4.79 Å². The van der Waals surface area contributed by atoms with E-state index in [-0.39, 0.29) is 12.4 Å². The number of hydrogen-bond donors (Lipinski definition) is 0. The Hall–Kier alpha value is -2.08. The van der Waals surface area contributed by atoms with Crippen LogP contribution in [0.5, 0.6) is 11.5 Å². The van der Waals surface area contributed by atoms with Gasteiger partial charge in [0.05, 0.1) is 26.3 Å². The highest BCUT2D eigenvalue weighted by molar-refractivity contribution is 7.09. The molecular weight excluding hydrogens is 278 g/mol. The number of ether oxygens (including phenoxy) is 3. The summed E-state index contributed by atoms with van der Waals surface area (Å²) in [7, 11) is 2.96. The van der Waals surface area contributed by atoms with Gasteiger partial charge in [0.1, 0.15) is 11.6 Å². The van der Waals surface area contributed by atoms with Gasteiger partial charge in [-0.1, -0.05) is 12.1 Å². The molecule has 1 aromatic heterocycles. The lowest BCUT2D eigenvalue weighted by molar-refractivity contribution is -0.139. The van der Waals surface area contributed by atoms with E-state index in [2.05, 4.69) is 9.72 Å². The molecule has 0 saturated carbocycles. The molecule has 0 aliphatic rings. The van der Waals surface area contributed by atoms with E-state index in [1.54, 1.807) is 7.11 Å². The van der Waals surface area contributed by atoms with Crippen LogP contribution in [0.3, 0.4) is 0 Å². The summed E-state index contributed by atoms with van der Waals surface area (Å²) in [6.45, 7) is 0.339. The van der Waals surface area contributed by atoms with Gasteiger partial charge >= 0.3 is 5.97 Å². The second kappa shape index (κ2) is 6.91. The standard InChI is InChI=1S/C14H15NO4S/c1-17-11-5-3-4-6-12(11)19-8-13-15-10(9-20-13)7-14(16)18-2/h3-6,9H,7-8H2,1-2H3. The van der Waals surface area contributed by atoms with Crippen LogP contribution < -0.4 is 9.47 Å². The number of para-hydroxylation sites is 2. The zero-order chi connectivity index (χ0) is 14.4. The Bertz CT molecular complexity index is 582. The molecule has 0 unspecified atom stereocenters. The van der Waals surface area contributed by atoms with Gasteiger partial charge in [-0.15, -0.1) is 11.3 Å². The third-order valence-electron chi connectivity index (χ3n) is 2.57. The molecule has 1 aromatic carbocycles. The lowest BCUT2D eigenvalue weighted by Gasteiger charge is -2.08. The summed E-state index contributed by atoms with van der Waals surface area (Å²) in [6, 6.07) is 7.42. The Morgan fingerprint density at radius 1 is 1.25 bits per heavy atom. The summed E-state index contributed by atoms with van der Waals surface area (Å²) in [5.74, 6) is 1.05. The topological polar surface area (TPSA) is 57.7 Å². The maximum atomic E-state index is 11.1. The van der Waals surface area contributed by atoms with Gasteiger partial charge in [0.2, 0.25) is 0 Å². The monoisotopic (exact) mass is 293 g/mol. The third-order valence-corrected chi connectivity index (χ3v) is 3.44. The highest BCUT2D eigenvalue weighted by Crippen LogP contribution is 2.27. The van der Waals surface area contributed by atoms with Crippen molar-refractivity contribution in [2.45, 2.75) is 13.0 Å². The average molecular weight is 293 g/mol. The van der Waals surface area contributed by atoms with Crippen molar-refractivity contribution in [1.29, 1.82) is 0 Å². The Balaban J connectivity index is 1.96. The first-order chi connectivity index (χ1) is 9.72. The van der Waals surface area contributed by atoms with Crippen LogP contribution in [-0.2, 0) is 22.6 Å². The van der Waals surface area contributed by atoms with E-state index >= 15 is 0 Å². The largest absolute Gasteiger partial charge is 0.493 e. The number of aromatic nitrogens is 1. The summed E-state index contributed by atoms with van der Waals surface area (Å²) in [5.41, 5.74) is 0.695. The van der Waals surface area contributed by atoms with Crippen LogP contribution in [-0.4, -0.2) is 25.2 Å². The van der Waals surface area contributed by atoms with Gasteiger partial charge in [-0.2, -0.15) is 0 Å². The van der Waals surface area contributed by atoms with Gasteiger partial charge < -0.3 is 14.2 Å². The molecule has 0 spiro atoms. The zero-order valence-electron chi connectivity index (χ0n) is 11.3. The number of nitrogens with zero attached hydrogens (tertiary/aromatic N) is 1. The van der Waals surface area contributed by atoms with Crippen molar-refractivity contribution >= 4 is 17.3 Å². The van der Waals surface area contributed by atoms with Crippen molar-refractivity contribution in [3.63, 3.8) is 0 Å². The fourth-order valence-corrected chi connectivity index (χ4v) is 2.30. The lowest BCUT2D eigenvalue weighted by atomic mass is 10.3. The summed E-state index contributed by atoms with van der Waals surface area (Å²) in [5, 5.41) is 2.63. The molecule has 6 heteroatoms. The average Bonchev–Trinajstić information content (AvgIpc) is 2.92. The van der Waals surface area contributed by atoms with Gasteiger partial charge in [0.15, 0.2) is 11.5 Å². The summed E-state index contributed by atoms with van der Waals surface area (Å²) in [4.78, 5) is 15.5. The summed E-state index contributed by atoms with van der Waals surface area (Å²) in [6.07, 6.45) is 0.182. The van der Waals surface area contributed by atoms with Crippen molar-refractivity contribution in [2.24, 2.45) is 0 Å². The van der Waals surface area contributed by atoms with Crippen molar-refractivity contribution < 1.29 is 19.0 Å². The first-order valence-electron chi connectivity index (χ1n) is 5.99. The fraction of sp³-hybridized carbons (Fsp3) is 0.286. The van der Waals surface area contributed by atoms with Crippen LogP contribution in [0.15, 0.2) is 29.6 Å². The van der Waals surface area contributed by atoms with E-state index in [1.807, 2.05) is 29.6 Å². The lowest BCUT2D eigenvalue weighted by Crippen LogP contribution is -2.05.